The van der Waals surface area contributed by atoms with Gasteiger partial charge in [0.15, 0.2) is 11.9 Å². The van der Waals surface area contributed by atoms with Crippen molar-refractivity contribution in [2.24, 2.45) is 0 Å². The monoisotopic (exact) mass is 523 g/mol. The van der Waals surface area contributed by atoms with E-state index >= 15 is 0 Å². The normalized spacial score (nSPS) is 33.7. The predicted octanol–water partition coefficient (Wildman–Crippen LogP) is -1.52. The highest BCUT2D eigenvalue weighted by Gasteiger charge is 2.51. The van der Waals surface area contributed by atoms with Crippen molar-refractivity contribution in [1.82, 2.24) is 0 Å². The summed E-state index contributed by atoms with van der Waals surface area (Å²) in [6.07, 6.45) is -10.4. The number of phenolic OH excluding ortho intramolecular Hbond substituents is 1. The SMILES string of the molecule is Nc1ccc(C(=O)OC[C@@]2(O)CO[C@@H](OC[C@H]3O[C@@H](Oc4ccc(O)cc4)[C@H](O)[C@@H](O)[C@@H]3O)[C@@H]2O)cc1. The third-order valence-corrected chi connectivity index (χ3v) is 6.09. The molecule has 0 bridgehead atoms. The Morgan fingerprint density at radius 1 is 0.973 bits per heavy atom. The van der Waals surface area contributed by atoms with Crippen LogP contribution in [-0.2, 0) is 18.9 Å². The Bertz CT molecular complexity index is 1050. The summed E-state index contributed by atoms with van der Waals surface area (Å²) in [6.45, 7) is -1.44. The number of hydrogen-bond donors (Lipinski definition) is 7. The number of aliphatic hydroxyl groups excluding tert-OH is 4. The maximum Gasteiger partial charge on any atom is 0.338 e. The number of carbonyl (C=O) groups is 1. The number of nitrogen functional groups attached to an aromatic ring is 1. The zero-order valence-electron chi connectivity index (χ0n) is 19.5. The van der Waals surface area contributed by atoms with Crippen LogP contribution in [0.5, 0.6) is 11.5 Å². The minimum atomic E-state index is -1.97. The molecule has 8 N–H and O–H groups in total. The van der Waals surface area contributed by atoms with Crippen LogP contribution in [0.2, 0.25) is 0 Å². The highest BCUT2D eigenvalue weighted by Crippen LogP contribution is 2.29. The third-order valence-electron chi connectivity index (χ3n) is 6.09. The van der Waals surface area contributed by atoms with E-state index in [1.165, 1.54) is 48.5 Å². The van der Waals surface area contributed by atoms with Crippen molar-refractivity contribution in [3.63, 3.8) is 0 Å². The predicted molar refractivity (Wildman–Crippen MR) is 123 cm³/mol. The first kappa shape index (κ1) is 27.0. The van der Waals surface area contributed by atoms with Gasteiger partial charge in [0, 0.05) is 5.69 Å². The Morgan fingerprint density at radius 3 is 2.32 bits per heavy atom. The van der Waals surface area contributed by atoms with Crippen molar-refractivity contribution >= 4 is 11.7 Å². The number of rotatable bonds is 8. The fourth-order valence-electron chi connectivity index (χ4n) is 3.82. The van der Waals surface area contributed by atoms with Crippen LogP contribution in [0, 0.1) is 0 Å². The van der Waals surface area contributed by atoms with Crippen LogP contribution in [-0.4, -0.2) is 105 Å². The number of phenols is 1. The highest BCUT2D eigenvalue weighted by molar-refractivity contribution is 5.89. The van der Waals surface area contributed by atoms with Gasteiger partial charge in [0.25, 0.3) is 0 Å². The summed E-state index contributed by atoms with van der Waals surface area (Å²) in [5.41, 5.74) is 4.28. The van der Waals surface area contributed by atoms with Gasteiger partial charge in [0.2, 0.25) is 6.29 Å². The Kier molecular flexibility index (Phi) is 8.16. The van der Waals surface area contributed by atoms with Gasteiger partial charge in [-0.2, -0.15) is 0 Å². The Labute approximate surface area is 211 Å². The van der Waals surface area contributed by atoms with Gasteiger partial charge in [0.05, 0.1) is 18.8 Å². The number of nitrogens with two attached hydrogens (primary N) is 1. The van der Waals surface area contributed by atoms with E-state index < -0.39 is 74.5 Å². The Hall–Kier alpha value is -3.01. The zero-order chi connectivity index (χ0) is 26.7. The zero-order valence-corrected chi connectivity index (χ0v) is 19.5. The van der Waals surface area contributed by atoms with E-state index in [-0.39, 0.29) is 17.1 Å². The lowest BCUT2D eigenvalue weighted by molar-refractivity contribution is -0.289. The summed E-state index contributed by atoms with van der Waals surface area (Å²) in [5, 5.41) is 61.4. The molecular weight excluding hydrogens is 494 g/mol. The van der Waals surface area contributed by atoms with Gasteiger partial charge in [-0.25, -0.2) is 4.79 Å². The van der Waals surface area contributed by atoms with Crippen molar-refractivity contribution in [1.29, 1.82) is 0 Å². The molecule has 2 aromatic rings. The standard InChI is InChI=1S/C24H29NO12/c25-13-3-1-12(2-4-13)21(31)34-10-24(32)11-35-23(20(24)30)33-9-16-17(27)18(28)19(29)22(37-16)36-15-7-5-14(26)6-8-15/h1-8,16-20,22-23,26-30,32H,9-11,25H2/t16-,17-,18+,19-,20+,22-,23-,24-/m1/s1. The molecule has 13 nitrogen and oxygen atoms in total. The summed E-state index contributed by atoms with van der Waals surface area (Å²) < 4.78 is 26.9. The van der Waals surface area contributed by atoms with E-state index in [9.17, 15) is 35.4 Å². The number of benzene rings is 2. The second kappa shape index (κ2) is 11.2. The van der Waals surface area contributed by atoms with Crippen molar-refractivity contribution in [2.45, 2.75) is 48.7 Å². The lowest BCUT2D eigenvalue weighted by Gasteiger charge is -2.40. The molecule has 8 atom stereocenters. The fraction of sp³-hybridized carbons (Fsp3) is 0.458. The first-order valence-electron chi connectivity index (χ1n) is 11.4. The molecule has 2 aromatic carbocycles. The summed E-state index contributed by atoms with van der Waals surface area (Å²) in [4.78, 5) is 12.2. The van der Waals surface area contributed by atoms with Gasteiger partial charge in [-0.05, 0) is 48.5 Å². The van der Waals surface area contributed by atoms with Crippen LogP contribution in [0.4, 0.5) is 5.69 Å². The number of esters is 1. The average Bonchev–Trinajstić information content (AvgIpc) is 3.17. The van der Waals surface area contributed by atoms with E-state index in [0.717, 1.165) is 0 Å². The number of hydrogen-bond acceptors (Lipinski definition) is 13. The van der Waals surface area contributed by atoms with Crippen LogP contribution in [0.25, 0.3) is 0 Å². The number of anilines is 1. The summed E-state index contributed by atoms with van der Waals surface area (Å²) in [6, 6.07) is 11.5. The van der Waals surface area contributed by atoms with E-state index in [1.807, 2.05) is 0 Å². The first-order valence-corrected chi connectivity index (χ1v) is 11.4. The van der Waals surface area contributed by atoms with Crippen molar-refractivity contribution in [2.75, 3.05) is 25.6 Å². The van der Waals surface area contributed by atoms with E-state index in [4.69, 9.17) is 29.4 Å². The second-order valence-corrected chi connectivity index (χ2v) is 8.89. The molecule has 0 saturated carbocycles. The lowest BCUT2D eigenvalue weighted by atomic mass is 9.99. The molecule has 4 rings (SSSR count). The smallest absolute Gasteiger partial charge is 0.338 e. The summed E-state index contributed by atoms with van der Waals surface area (Å²) >= 11 is 0. The number of aromatic hydroxyl groups is 1. The second-order valence-electron chi connectivity index (χ2n) is 8.89. The molecule has 2 aliphatic heterocycles. The maximum absolute atomic E-state index is 12.2. The highest BCUT2D eigenvalue weighted by atomic mass is 16.7. The van der Waals surface area contributed by atoms with Crippen LogP contribution in [0.1, 0.15) is 10.4 Å². The molecule has 2 saturated heterocycles. The van der Waals surface area contributed by atoms with Crippen LogP contribution < -0.4 is 10.5 Å². The van der Waals surface area contributed by atoms with E-state index in [1.54, 1.807) is 0 Å². The molecule has 2 heterocycles. The largest absolute Gasteiger partial charge is 0.508 e. The van der Waals surface area contributed by atoms with Crippen molar-refractivity contribution in [3.8, 4) is 11.5 Å². The van der Waals surface area contributed by atoms with E-state index in [0.29, 0.717) is 5.69 Å². The van der Waals surface area contributed by atoms with Crippen LogP contribution in [0.15, 0.2) is 48.5 Å². The molecule has 202 valence electrons. The van der Waals surface area contributed by atoms with Crippen molar-refractivity contribution < 1.29 is 59.1 Å². The van der Waals surface area contributed by atoms with Crippen LogP contribution in [0.3, 0.4) is 0 Å². The molecule has 2 fully saturated rings. The lowest BCUT2D eigenvalue weighted by Crippen LogP contribution is -2.60. The van der Waals surface area contributed by atoms with Gasteiger partial charge in [0.1, 0.15) is 48.6 Å². The number of carbonyl (C=O) groups excluding carboxylic acids is 1. The van der Waals surface area contributed by atoms with Crippen LogP contribution >= 0.6 is 0 Å². The van der Waals surface area contributed by atoms with Gasteiger partial charge < -0.3 is 60.1 Å². The molecule has 0 spiro atoms. The van der Waals surface area contributed by atoms with Gasteiger partial charge in [-0.1, -0.05) is 0 Å². The summed E-state index contributed by atoms with van der Waals surface area (Å²) in [5.74, 6) is -0.525. The van der Waals surface area contributed by atoms with Crippen molar-refractivity contribution in [3.05, 3.63) is 54.1 Å². The molecular formula is C24H29NO12. The topological polar surface area (TPSA) is 211 Å². The van der Waals surface area contributed by atoms with Gasteiger partial charge >= 0.3 is 5.97 Å². The first-order chi connectivity index (χ1) is 17.6. The number of aliphatic hydroxyl groups is 5. The molecule has 37 heavy (non-hydrogen) atoms. The minimum Gasteiger partial charge on any atom is -0.508 e. The molecule has 13 heteroatoms. The van der Waals surface area contributed by atoms with Gasteiger partial charge in [-0.15, -0.1) is 0 Å². The molecule has 0 aliphatic carbocycles. The number of ether oxygens (including phenoxy) is 5. The Morgan fingerprint density at radius 2 is 1.65 bits per heavy atom. The van der Waals surface area contributed by atoms with E-state index in [2.05, 4.69) is 0 Å². The molecule has 0 aromatic heterocycles. The van der Waals surface area contributed by atoms with Gasteiger partial charge in [-0.3, -0.25) is 0 Å². The fourth-order valence-corrected chi connectivity index (χ4v) is 3.82. The summed E-state index contributed by atoms with van der Waals surface area (Å²) in [7, 11) is 0. The molecule has 0 radical (unpaired) electrons. The maximum atomic E-state index is 12.2. The minimum absolute atomic E-state index is 0.00528. The molecule has 2 aliphatic rings. The third kappa shape index (κ3) is 6.11. The molecule has 0 unspecified atom stereocenters. The molecule has 0 amide bonds. The average molecular weight is 523 g/mol. The quantitative estimate of drug-likeness (QED) is 0.155. The Balaban J connectivity index is 1.31.